The number of Topliss-reactive ketones (excluding diaryl/α,β-unsaturated/α-hetero) is 6. The normalized spacial score (nSPS) is 15.3. The predicted octanol–water partition coefficient (Wildman–Crippen LogP) is 22.1. The first-order chi connectivity index (χ1) is 67.1. The molecule has 2 unspecified atom stereocenters. The summed E-state index contributed by atoms with van der Waals surface area (Å²) in [6, 6.07) is 62.4. The molecule has 7 aromatic rings. The van der Waals surface area contributed by atoms with Crippen LogP contribution in [0.15, 0.2) is 238 Å². The lowest BCUT2D eigenvalue weighted by atomic mass is 9.79. The van der Waals surface area contributed by atoms with Crippen LogP contribution in [0.25, 0.3) is 0 Å². The van der Waals surface area contributed by atoms with Crippen LogP contribution >= 0.6 is 46.4 Å². The SMILES string of the molecule is C=CCCC(=O)O.C=CCCC(=O)OCc1ccccc1.C=CCCC(=O)OCc1ccccc1.CC(C)(C)c1ccc(N)c([N+](=O)[O-])c1.O=C(CCC1CC(=O)C1(Cl)Cl)OCc1ccccc1.O=C(CCC1CC(=O)C1(Cl)Cl)OCc1ccccc1.O=C(O)CCC1CC(=O)C1.O=C(O)CCC1CC(=O)C1.O=C1CC(CCC(=O)OCc2ccccc2)C1.O=C1CC(CCC(=O)OCc2ccccc2)C1. The minimum Gasteiger partial charge on any atom is -0.481 e. The summed E-state index contributed by atoms with van der Waals surface area (Å²) >= 11 is 23.4. The molecule has 0 spiro atoms. The number of carbonyl (C=O) groups excluding carboxylic acids is 12. The maximum Gasteiger partial charge on any atom is 0.306 e. The first kappa shape index (κ1) is 121. The summed E-state index contributed by atoms with van der Waals surface area (Å²) in [5, 5.41) is 35.1. The van der Waals surface area contributed by atoms with Gasteiger partial charge >= 0.3 is 53.7 Å². The Kier molecular flexibility index (Phi) is 57.3. The molecule has 2 atom stereocenters. The molecule has 6 aliphatic carbocycles. The van der Waals surface area contributed by atoms with E-state index in [1.54, 1.807) is 24.3 Å². The smallest absolute Gasteiger partial charge is 0.306 e. The molecule has 141 heavy (non-hydrogen) atoms. The highest BCUT2D eigenvalue weighted by Gasteiger charge is 2.53. The van der Waals surface area contributed by atoms with Crippen molar-refractivity contribution in [3.05, 3.63) is 287 Å². The van der Waals surface area contributed by atoms with Crippen LogP contribution in [-0.2, 0) is 145 Å². The number of halogens is 4. The van der Waals surface area contributed by atoms with Gasteiger partial charge in [-0.25, -0.2) is 0 Å². The van der Waals surface area contributed by atoms with Crippen molar-refractivity contribution < 1.29 is 121 Å². The van der Waals surface area contributed by atoms with Crippen molar-refractivity contribution in [2.45, 2.75) is 254 Å². The van der Waals surface area contributed by atoms with E-state index in [1.807, 2.05) is 209 Å². The third-order valence-electron chi connectivity index (χ3n) is 22.4. The molecule has 0 amide bonds. The number of nitrogens with zero attached hydrogens (tertiary/aromatic N) is 1. The number of allylic oxidation sites excluding steroid dienone is 3. The second-order valence-corrected chi connectivity index (χ2v) is 38.0. The van der Waals surface area contributed by atoms with E-state index in [0.717, 1.165) is 51.8 Å². The summed E-state index contributed by atoms with van der Waals surface area (Å²) in [5.74, 6) is -1.49. The van der Waals surface area contributed by atoms with Crippen LogP contribution in [0.5, 0.6) is 0 Å². The Hall–Kier alpha value is -12.6. The number of esters is 6. The van der Waals surface area contributed by atoms with Gasteiger partial charge in [-0.05, 0) is 132 Å². The largest absolute Gasteiger partial charge is 0.481 e. The number of rotatable bonds is 40. The molecule has 6 aliphatic rings. The quantitative estimate of drug-likeness (QED) is 0.00527. The summed E-state index contributed by atoms with van der Waals surface area (Å²) in [6.45, 7) is 18.4. The zero-order chi connectivity index (χ0) is 104. The third-order valence-corrected chi connectivity index (χ3v) is 24.5. The van der Waals surface area contributed by atoms with Crippen molar-refractivity contribution in [1.29, 1.82) is 0 Å². The monoisotopic (exact) mass is 2020 g/mol. The summed E-state index contributed by atoms with van der Waals surface area (Å²) in [7, 11) is 0. The maximum atomic E-state index is 11.6. The number of alkyl halides is 4. The summed E-state index contributed by atoms with van der Waals surface area (Å²) in [5.41, 5.74) is 12.4. The van der Waals surface area contributed by atoms with Gasteiger partial charge in [0.25, 0.3) is 5.69 Å². The molecule has 0 aliphatic heterocycles. The van der Waals surface area contributed by atoms with Crippen LogP contribution in [-0.4, -0.2) is 117 Å². The molecular formula is C109H130Cl4N2O26. The summed E-state index contributed by atoms with van der Waals surface area (Å²) in [6.07, 6.45) is 19.2. The third kappa shape index (κ3) is 53.0. The fourth-order valence-electron chi connectivity index (χ4n) is 13.5. The standard InChI is InChI=1S/2C14H14Cl2O3.2C14H16O3.2C12H14O2.C10H14N2O2.2C7H10O3.C5H8O2/c2*15-14(16)11(8-12(14)17)6-7-13(18)19-9-10-4-2-1-3-5-10;2*15-13-8-12(9-13)6-7-14(16)17-10-11-4-2-1-3-5-11;2*1-2-3-9-12(13)14-10-11-7-5-4-6-8-11;1-10(2,3)7-4-5-8(11)9(6-7)12(13)14;2*8-6-3-5(4-6)1-2-7(9)10;1-2-3-4-5(6)7/h2*1-5,11H,6-9H2;2*1-5,12H,6-10H2;2*2,4-8H,1,3,9-10H2;4-6H,11H2,1-3H3;2*5H,1-4H2,(H,9,10);2H,1,3-4H2,(H,6,7). The number of carboxylic acid groups (broad SMARTS) is 3. The van der Waals surface area contributed by atoms with Gasteiger partial charge in [0.15, 0.2) is 20.2 Å². The van der Waals surface area contributed by atoms with Crippen molar-refractivity contribution in [2.75, 3.05) is 5.73 Å². The zero-order valence-corrected chi connectivity index (χ0v) is 83.2. The van der Waals surface area contributed by atoms with Crippen molar-refractivity contribution in [3.63, 3.8) is 0 Å². The van der Waals surface area contributed by atoms with Crippen LogP contribution in [0.3, 0.4) is 0 Å². The number of ketones is 6. The zero-order valence-electron chi connectivity index (χ0n) is 80.2. The molecule has 0 saturated heterocycles. The Morgan fingerprint density at radius 1 is 0.355 bits per heavy atom. The fourth-order valence-corrected chi connectivity index (χ4v) is 14.5. The Labute approximate surface area is 844 Å². The number of aliphatic carboxylic acids is 3. The van der Waals surface area contributed by atoms with Crippen LogP contribution in [0.4, 0.5) is 11.4 Å². The minimum absolute atomic E-state index is 0.0163. The second kappa shape index (κ2) is 66.9. The molecule has 28 nitrogen and oxygen atoms in total. The lowest BCUT2D eigenvalue weighted by molar-refractivity contribution is -0.384. The van der Waals surface area contributed by atoms with E-state index in [1.165, 1.54) is 6.07 Å². The number of nitro groups is 1. The first-order valence-corrected chi connectivity index (χ1v) is 48.2. The number of carbonyl (C=O) groups is 15. The topological polar surface area (TPSA) is 441 Å². The number of nitrogen functional groups attached to an aromatic ring is 1. The van der Waals surface area contributed by atoms with E-state index >= 15 is 0 Å². The van der Waals surface area contributed by atoms with Gasteiger partial charge in [0.1, 0.15) is 68.5 Å². The van der Waals surface area contributed by atoms with Gasteiger partial charge in [0.05, 0.1) is 4.92 Å². The van der Waals surface area contributed by atoms with E-state index in [4.69, 9.17) is 95.9 Å². The van der Waals surface area contributed by atoms with E-state index < -0.39 is 31.5 Å². The molecule has 13 rings (SSSR count). The number of benzene rings is 7. The van der Waals surface area contributed by atoms with Crippen LogP contribution in [0.1, 0.15) is 239 Å². The van der Waals surface area contributed by atoms with Gasteiger partial charge in [0, 0.05) is 140 Å². The summed E-state index contributed by atoms with van der Waals surface area (Å²) in [4.78, 5) is 173. The average molecular weight is 2030 g/mol. The number of nitrogens with two attached hydrogens (primary N) is 1. The van der Waals surface area contributed by atoms with Crippen molar-refractivity contribution in [3.8, 4) is 0 Å². The van der Waals surface area contributed by atoms with Gasteiger partial charge in [-0.15, -0.1) is 19.7 Å². The van der Waals surface area contributed by atoms with E-state index in [-0.39, 0.29) is 133 Å². The van der Waals surface area contributed by atoms with Crippen molar-refractivity contribution in [2.24, 2.45) is 35.5 Å². The molecule has 760 valence electrons. The van der Waals surface area contributed by atoms with Gasteiger partial charge in [0.2, 0.25) is 0 Å². The number of anilines is 1. The second-order valence-electron chi connectivity index (χ2n) is 35.2. The van der Waals surface area contributed by atoms with E-state index in [9.17, 15) is 82.0 Å². The number of hydrogen-bond donors (Lipinski definition) is 4. The number of ether oxygens (including phenoxy) is 6. The van der Waals surface area contributed by atoms with Gasteiger partial charge in [-0.1, -0.05) is 273 Å². The molecule has 0 heterocycles. The Bertz CT molecular complexity index is 4850. The van der Waals surface area contributed by atoms with Crippen molar-refractivity contribution >= 4 is 146 Å². The van der Waals surface area contributed by atoms with E-state index in [0.29, 0.717) is 197 Å². The molecule has 0 radical (unpaired) electrons. The van der Waals surface area contributed by atoms with Gasteiger partial charge < -0.3 is 49.5 Å². The van der Waals surface area contributed by atoms with Crippen molar-refractivity contribution in [1.82, 2.24) is 0 Å². The lowest BCUT2D eigenvalue weighted by Gasteiger charge is -2.37. The molecule has 6 fully saturated rings. The Balaban J connectivity index is 0.000000330. The molecule has 6 saturated carbocycles. The van der Waals surface area contributed by atoms with Crippen LogP contribution in [0.2, 0.25) is 0 Å². The molecule has 0 aromatic heterocycles. The number of hydrogen-bond acceptors (Lipinski definition) is 24. The molecule has 5 N–H and O–H groups in total. The molecule has 32 heteroatoms. The summed E-state index contributed by atoms with van der Waals surface area (Å²) < 4.78 is 28.0. The highest BCUT2D eigenvalue weighted by Crippen LogP contribution is 2.48. The van der Waals surface area contributed by atoms with Gasteiger partial charge in [-0.2, -0.15) is 0 Å². The average Bonchev–Trinajstić information content (AvgIpc) is 0.780. The molecular weight excluding hydrogens is 1890 g/mol. The Morgan fingerprint density at radius 2 is 0.574 bits per heavy atom. The minimum atomic E-state index is -1.31. The van der Waals surface area contributed by atoms with Crippen LogP contribution < -0.4 is 5.73 Å². The number of carboxylic acids is 3. The Morgan fingerprint density at radius 3 is 0.766 bits per heavy atom. The molecule has 0 bridgehead atoms. The first-order valence-electron chi connectivity index (χ1n) is 46.7. The molecule has 7 aromatic carbocycles. The van der Waals surface area contributed by atoms with Crippen LogP contribution in [0, 0.1) is 45.6 Å². The van der Waals surface area contributed by atoms with E-state index in [2.05, 4.69) is 19.7 Å². The van der Waals surface area contributed by atoms with Gasteiger partial charge in [-0.3, -0.25) is 82.0 Å². The highest BCUT2D eigenvalue weighted by atomic mass is 35.5. The predicted molar refractivity (Wildman–Crippen MR) is 536 cm³/mol. The lowest BCUT2D eigenvalue weighted by Crippen LogP contribution is -2.47. The highest BCUT2D eigenvalue weighted by molar-refractivity contribution is 6.61. The number of nitro benzene ring substituents is 1. The maximum absolute atomic E-state index is 11.6. The fraction of sp³-hybridized carbons (Fsp3) is 0.422.